The number of amides is 1. The average molecular weight is 347 g/mol. The number of alkyl halides is 2. The maximum Gasteiger partial charge on any atom is 0.291 e. The molecule has 134 valence electrons. The SMILES string of the molecule is CCCCN1Cn2c(nc(C)c2-c2ccc(C(F)(F)CC)cc2)C1=O. The largest absolute Gasteiger partial charge is 0.318 e. The molecule has 0 aliphatic carbocycles. The van der Waals surface area contributed by atoms with E-state index in [9.17, 15) is 13.6 Å². The number of rotatable bonds is 6. The highest BCUT2D eigenvalue weighted by atomic mass is 19.3. The molecule has 1 aromatic carbocycles. The van der Waals surface area contributed by atoms with Crippen molar-refractivity contribution in [3.63, 3.8) is 0 Å². The van der Waals surface area contributed by atoms with Crippen molar-refractivity contribution in [1.29, 1.82) is 0 Å². The van der Waals surface area contributed by atoms with Gasteiger partial charge in [-0.1, -0.05) is 44.5 Å². The van der Waals surface area contributed by atoms with Crippen molar-refractivity contribution in [2.45, 2.75) is 52.6 Å². The molecule has 0 fully saturated rings. The fraction of sp³-hybridized carbons (Fsp3) is 0.474. The van der Waals surface area contributed by atoms with Gasteiger partial charge in [0.05, 0.1) is 18.1 Å². The molecule has 0 bridgehead atoms. The first kappa shape index (κ1) is 17.6. The molecular weight excluding hydrogens is 324 g/mol. The third kappa shape index (κ3) is 3.05. The molecule has 2 aromatic rings. The third-order valence-electron chi connectivity index (χ3n) is 4.74. The van der Waals surface area contributed by atoms with Crippen LogP contribution in [0.25, 0.3) is 11.3 Å². The zero-order valence-corrected chi connectivity index (χ0v) is 14.9. The highest BCUT2D eigenvalue weighted by Gasteiger charge is 2.33. The lowest BCUT2D eigenvalue weighted by atomic mass is 10.0. The lowest BCUT2D eigenvalue weighted by Gasteiger charge is -2.17. The zero-order chi connectivity index (χ0) is 18.2. The van der Waals surface area contributed by atoms with Gasteiger partial charge in [0.1, 0.15) is 0 Å². The Morgan fingerprint density at radius 1 is 1.20 bits per heavy atom. The molecule has 1 aliphatic rings. The third-order valence-corrected chi connectivity index (χ3v) is 4.74. The summed E-state index contributed by atoms with van der Waals surface area (Å²) in [4.78, 5) is 18.7. The summed E-state index contributed by atoms with van der Waals surface area (Å²) < 4.78 is 29.5. The molecule has 0 saturated carbocycles. The van der Waals surface area contributed by atoms with E-state index in [1.165, 1.54) is 19.1 Å². The van der Waals surface area contributed by atoms with Crippen LogP contribution in [0.1, 0.15) is 55.0 Å². The first-order valence-corrected chi connectivity index (χ1v) is 8.74. The van der Waals surface area contributed by atoms with Gasteiger partial charge in [0, 0.05) is 24.1 Å². The maximum absolute atomic E-state index is 13.8. The Bertz CT molecular complexity index is 781. The molecule has 3 rings (SSSR count). The summed E-state index contributed by atoms with van der Waals surface area (Å²) in [5.41, 5.74) is 2.39. The molecule has 0 unspecified atom stereocenters. The van der Waals surface area contributed by atoms with Gasteiger partial charge < -0.3 is 9.47 Å². The second-order valence-electron chi connectivity index (χ2n) is 6.50. The van der Waals surface area contributed by atoms with Crippen LogP contribution in [0.5, 0.6) is 0 Å². The Kier molecular flexibility index (Phi) is 4.62. The molecular formula is C19H23F2N3O. The van der Waals surface area contributed by atoms with Crippen LogP contribution in [0.4, 0.5) is 8.78 Å². The standard InChI is InChI=1S/C19H23F2N3O/c1-4-6-11-23-12-24-16(13(3)22-17(24)18(23)25)14-7-9-15(10-8-14)19(20,21)5-2/h7-10H,4-6,11-12H2,1-3H3. The molecule has 1 amide bonds. The minimum absolute atomic E-state index is 0.0122. The highest BCUT2D eigenvalue weighted by molar-refractivity contribution is 5.94. The quantitative estimate of drug-likeness (QED) is 0.767. The second kappa shape index (κ2) is 6.58. The Morgan fingerprint density at radius 3 is 2.48 bits per heavy atom. The summed E-state index contributed by atoms with van der Waals surface area (Å²) in [5, 5.41) is 0. The van der Waals surface area contributed by atoms with Crippen molar-refractivity contribution in [1.82, 2.24) is 14.5 Å². The first-order chi connectivity index (χ1) is 11.9. The number of unbranched alkanes of at least 4 members (excludes halogenated alkanes) is 1. The van der Waals surface area contributed by atoms with Crippen LogP contribution in [0.2, 0.25) is 0 Å². The van der Waals surface area contributed by atoms with Crippen molar-refractivity contribution < 1.29 is 13.6 Å². The monoisotopic (exact) mass is 347 g/mol. The van der Waals surface area contributed by atoms with E-state index in [-0.39, 0.29) is 17.9 Å². The van der Waals surface area contributed by atoms with Gasteiger partial charge in [-0.15, -0.1) is 0 Å². The summed E-state index contributed by atoms with van der Waals surface area (Å²) in [6, 6.07) is 6.30. The van der Waals surface area contributed by atoms with Crippen LogP contribution in [-0.2, 0) is 12.6 Å². The number of imidazole rings is 1. The molecule has 4 nitrogen and oxygen atoms in total. The van der Waals surface area contributed by atoms with Gasteiger partial charge in [-0.25, -0.2) is 13.8 Å². The number of carbonyl (C=O) groups is 1. The van der Waals surface area contributed by atoms with E-state index in [0.29, 0.717) is 19.0 Å². The summed E-state index contributed by atoms with van der Waals surface area (Å²) in [6.07, 6.45) is 1.74. The lowest BCUT2D eigenvalue weighted by Crippen LogP contribution is -2.26. The molecule has 0 N–H and O–H groups in total. The zero-order valence-electron chi connectivity index (χ0n) is 14.9. The van der Waals surface area contributed by atoms with Crippen molar-refractivity contribution in [3.05, 3.63) is 41.3 Å². The van der Waals surface area contributed by atoms with Crippen LogP contribution in [0, 0.1) is 6.92 Å². The number of carbonyl (C=O) groups excluding carboxylic acids is 1. The Balaban J connectivity index is 1.93. The summed E-state index contributed by atoms with van der Waals surface area (Å²) in [7, 11) is 0. The number of hydrogen-bond donors (Lipinski definition) is 0. The number of nitrogens with zero attached hydrogens (tertiary/aromatic N) is 3. The topological polar surface area (TPSA) is 38.1 Å². The molecule has 0 radical (unpaired) electrons. The number of halogens is 2. The van der Waals surface area contributed by atoms with E-state index in [0.717, 1.165) is 29.8 Å². The van der Waals surface area contributed by atoms with Gasteiger partial charge >= 0.3 is 0 Å². The average Bonchev–Trinajstić information content (AvgIpc) is 3.08. The van der Waals surface area contributed by atoms with Gasteiger partial charge in [-0.3, -0.25) is 4.79 Å². The van der Waals surface area contributed by atoms with Gasteiger partial charge in [-0.05, 0) is 13.3 Å². The fourth-order valence-corrected chi connectivity index (χ4v) is 3.21. The van der Waals surface area contributed by atoms with Crippen LogP contribution in [0.15, 0.2) is 24.3 Å². The smallest absolute Gasteiger partial charge is 0.291 e. The first-order valence-electron chi connectivity index (χ1n) is 8.74. The van der Waals surface area contributed by atoms with E-state index >= 15 is 0 Å². The van der Waals surface area contributed by atoms with Gasteiger partial charge in [0.2, 0.25) is 5.82 Å². The Labute approximate surface area is 146 Å². The van der Waals surface area contributed by atoms with E-state index in [4.69, 9.17) is 0 Å². The van der Waals surface area contributed by atoms with Gasteiger partial charge in [0.25, 0.3) is 11.8 Å². The Morgan fingerprint density at radius 2 is 1.88 bits per heavy atom. The van der Waals surface area contributed by atoms with E-state index in [1.807, 2.05) is 11.5 Å². The van der Waals surface area contributed by atoms with Gasteiger partial charge in [0.15, 0.2) is 0 Å². The molecule has 0 saturated heterocycles. The number of aryl methyl sites for hydroxylation is 1. The van der Waals surface area contributed by atoms with E-state index < -0.39 is 5.92 Å². The van der Waals surface area contributed by atoms with Crippen molar-refractivity contribution in [3.8, 4) is 11.3 Å². The van der Waals surface area contributed by atoms with Crippen LogP contribution in [0.3, 0.4) is 0 Å². The van der Waals surface area contributed by atoms with E-state index in [1.54, 1.807) is 17.0 Å². The fourth-order valence-electron chi connectivity index (χ4n) is 3.21. The van der Waals surface area contributed by atoms with Crippen LogP contribution >= 0.6 is 0 Å². The number of benzene rings is 1. The number of aromatic nitrogens is 2. The minimum Gasteiger partial charge on any atom is -0.318 e. The molecule has 1 aliphatic heterocycles. The molecule has 1 aromatic heterocycles. The predicted octanol–water partition coefficient (Wildman–Crippen LogP) is 4.57. The lowest BCUT2D eigenvalue weighted by molar-refractivity contribution is -0.00827. The predicted molar refractivity (Wildman–Crippen MR) is 92.5 cm³/mol. The van der Waals surface area contributed by atoms with Crippen molar-refractivity contribution in [2.24, 2.45) is 0 Å². The molecule has 2 heterocycles. The number of fused-ring (bicyclic) bond motifs is 1. The minimum atomic E-state index is -2.82. The summed E-state index contributed by atoms with van der Waals surface area (Å²) in [6.45, 7) is 6.58. The molecule has 0 atom stereocenters. The van der Waals surface area contributed by atoms with Crippen molar-refractivity contribution in [2.75, 3.05) is 6.54 Å². The normalized spacial score (nSPS) is 14.3. The van der Waals surface area contributed by atoms with Crippen LogP contribution in [-0.4, -0.2) is 26.9 Å². The Hall–Kier alpha value is -2.24. The summed E-state index contributed by atoms with van der Waals surface area (Å²) in [5.74, 6) is -2.44. The van der Waals surface area contributed by atoms with Crippen LogP contribution < -0.4 is 0 Å². The van der Waals surface area contributed by atoms with Gasteiger partial charge in [-0.2, -0.15) is 0 Å². The maximum atomic E-state index is 13.8. The molecule has 25 heavy (non-hydrogen) atoms. The molecule has 6 heteroatoms. The summed E-state index contributed by atoms with van der Waals surface area (Å²) >= 11 is 0. The highest BCUT2D eigenvalue weighted by Crippen LogP contribution is 2.34. The van der Waals surface area contributed by atoms with E-state index in [2.05, 4.69) is 11.9 Å². The molecule has 0 spiro atoms. The number of hydrogen-bond acceptors (Lipinski definition) is 2. The van der Waals surface area contributed by atoms with Crippen molar-refractivity contribution >= 4 is 5.91 Å². The second-order valence-corrected chi connectivity index (χ2v) is 6.50.